The van der Waals surface area contributed by atoms with Crippen molar-refractivity contribution in [2.45, 2.75) is 25.4 Å². The van der Waals surface area contributed by atoms with Crippen molar-refractivity contribution in [1.29, 1.82) is 0 Å². The van der Waals surface area contributed by atoms with E-state index in [0.717, 1.165) is 12.8 Å². The van der Waals surface area contributed by atoms with E-state index < -0.39 is 0 Å². The second kappa shape index (κ2) is 4.55. The van der Waals surface area contributed by atoms with E-state index in [1.165, 1.54) is 23.8 Å². The van der Waals surface area contributed by atoms with E-state index >= 15 is 0 Å². The van der Waals surface area contributed by atoms with Gasteiger partial charge in [0, 0.05) is 7.05 Å². The van der Waals surface area contributed by atoms with Crippen molar-refractivity contribution in [3.8, 4) is 12.0 Å². The molecule has 1 N–H and O–H groups in total. The third-order valence-corrected chi connectivity index (χ3v) is 2.77. The van der Waals surface area contributed by atoms with E-state index in [1.807, 2.05) is 0 Å². The Kier molecular flexibility index (Phi) is 2.75. The van der Waals surface area contributed by atoms with Crippen molar-refractivity contribution in [2.24, 2.45) is 0 Å². The van der Waals surface area contributed by atoms with Crippen molar-refractivity contribution in [3.63, 3.8) is 0 Å². The SMILES string of the molecule is CNc1nc(OC2CCC2)nc(-n2cncn2)n1. The topological polar surface area (TPSA) is 90.6 Å². The molecule has 0 unspecified atom stereocenters. The summed E-state index contributed by atoms with van der Waals surface area (Å²) in [5.74, 6) is 0.839. The van der Waals surface area contributed by atoms with E-state index in [9.17, 15) is 0 Å². The Balaban J connectivity index is 1.90. The summed E-state index contributed by atoms with van der Waals surface area (Å²) < 4.78 is 7.14. The molecule has 1 saturated carbocycles. The summed E-state index contributed by atoms with van der Waals surface area (Å²) in [6.07, 6.45) is 6.49. The first-order chi connectivity index (χ1) is 8.85. The normalized spacial score (nSPS) is 15.2. The van der Waals surface area contributed by atoms with Crippen LogP contribution in [-0.4, -0.2) is 42.9 Å². The highest BCUT2D eigenvalue weighted by molar-refractivity contribution is 5.28. The quantitative estimate of drug-likeness (QED) is 0.837. The molecule has 1 fully saturated rings. The zero-order valence-electron chi connectivity index (χ0n) is 9.94. The molecule has 0 radical (unpaired) electrons. The fourth-order valence-electron chi connectivity index (χ4n) is 1.56. The number of nitrogens with one attached hydrogen (secondary N) is 1. The number of rotatable bonds is 4. The standard InChI is InChI=1S/C10H13N7O/c1-11-8-14-9(17-6-12-5-13-17)16-10(15-8)18-7-3-2-4-7/h5-7H,2-4H2,1H3,(H,11,14,15,16). The van der Waals surface area contributed by atoms with Gasteiger partial charge in [0.05, 0.1) is 0 Å². The van der Waals surface area contributed by atoms with Crippen LogP contribution < -0.4 is 10.1 Å². The Bertz CT molecular complexity index is 523. The van der Waals surface area contributed by atoms with Gasteiger partial charge in [0.1, 0.15) is 18.8 Å². The summed E-state index contributed by atoms with van der Waals surface area (Å²) >= 11 is 0. The van der Waals surface area contributed by atoms with Gasteiger partial charge in [-0.25, -0.2) is 4.98 Å². The number of hydrogen-bond donors (Lipinski definition) is 1. The van der Waals surface area contributed by atoms with Crippen molar-refractivity contribution in [2.75, 3.05) is 12.4 Å². The molecule has 0 spiro atoms. The molecule has 0 aliphatic heterocycles. The highest BCUT2D eigenvalue weighted by Gasteiger charge is 2.21. The van der Waals surface area contributed by atoms with Crippen molar-refractivity contribution in [3.05, 3.63) is 12.7 Å². The molecule has 8 nitrogen and oxygen atoms in total. The first-order valence-corrected chi connectivity index (χ1v) is 5.80. The van der Waals surface area contributed by atoms with Crippen LogP contribution in [0.5, 0.6) is 6.01 Å². The van der Waals surface area contributed by atoms with Crippen LogP contribution in [0.1, 0.15) is 19.3 Å². The van der Waals surface area contributed by atoms with Gasteiger partial charge in [0.2, 0.25) is 5.95 Å². The maximum absolute atomic E-state index is 5.67. The van der Waals surface area contributed by atoms with Gasteiger partial charge in [-0.2, -0.15) is 24.7 Å². The minimum atomic E-state index is 0.223. The fourth-order valence-corrected chi connectivity index (χ4v) is 1.56. The average molecular weight is 247 g/mol. The zero-order valence-corrected chi connectivity index (χ0v) is 9.94. The van der Waals surface area contributed by atoms with E-state index in [0.29, 0.717) is 17.9 Å². The number of aromatic nitrogens is 6. The monoisotopic (exact) mass is 247 g/mol. The van der Waals surface area contributed by atoms with E-state index in [2.05, 4.69) is 30.4 Å². The maximum atomic E-state index is 5.67. The van der Waals surface area contributed by atoms with Crippen LogP contribution in [0.25, 0.3) is 5.95 Å². The molecule has 1 aliphatic rings. The summed E-state index contributed by atoms with van der Waals surface area (Å²) in [5, 5.41) is 6.86. The van der Waals surface area contributed by atoms with Crippen LogP contribution >= 0.6 is 0 Å². The Morgan fingerprint density at radius 3 is 2.83 bits per heavy atom. The Hall–Kier alpha value is -2.25. The summed E-state index contributed by atoms with van der Waals surface area (Å²) in [6.45, 7) is 0. The molecule has 0 bridgehead atoms. The Labute approximate surface area is 103 Å². The average Bonchev–Trinajstić information content (AvgIpc) is 2.87. The van der Waals surface area contributed by atoms with Gasteiger partial charge in [-0.05, 0) is 19.3 Å². The molecule has 2 aromatic rings. The molecule has 1 aliphatic carbocycles. The zero-order chi connectivity index (χ0) is 12.4. The first kappa shape index (κ1) is 10.9. The van der Waals surface area contributed by atoms with E-state index in [4.69, 9.17) is 4.74 Å². The van der Waals surface area contributed by atoms with Crippen molar-refractivity contribution in [1.82, 2.24) is 29.7 Å². The van der Waals surface area contributed by atoms with Gasteiger partial charge in [0.15, 0.2) is 0 Å². The molecular formula is C10H13N7O. The number of nitrogens with zero attached hydrogens (tertiary/aromatic N) is 6. The van der Waals surface area contributed by atoms with Crippen LogP contribution in [0.3, 0.4) is 0 Å². The molecule has 0 saturated heterocycles. The predicted molar refractivity (Wildman–Crippen MR) is 62.6 cm³/mol. The van der Waals surface area contributed by atoms with E-state index in [-0.39, 0.29) is 6.10 Å². The second-order valence-electron chi connectivity index (χ2n) is 4.00. The lowest BCUT2D eigenvalue weighted by Crippen LogP contribution is -2.26. The van der Waals surface area contributed by atoms with Crippen LogP contribution in [-0.2, 0) is 0 Å². The van der Waals surface area contributed by atoms with E-state index in [1.54, 1.807) is 7.05 Å². The first-order valence-electron chi connectivity index (χ1n) is 5.80. The smallest absolute Gasteiger partial charge is 0.323 e. The molecule has 3 rings (SSSR count). The van der Waals surface area contributed by atoms with Crippen molar-refractivity contribution < 1.29 is 4.74 Å². The lowest BCUT2D eigenvalue weighted by atomic mass is 9.96. The number of ether oxygens (including phenoxy) is 1. The van der Waals surface area contributed by atoms with Crippen LogP contribution in [0.2, 0.25) is 0 Å². The highest BCUT2D eigenvalue weighted by Crippen LogP contribution is 2.23. The van der Waals surface area contributed by atoms with Crippen LogP contribution in [0, 0.1) is 0 Å². The Morgan fingerprint density at radius 2 is 2.22 bits per heavy atom. The molecule has 0 aromatic carbocycles. The Morgan fingerprint density at radius 1 is 1.33 bits per heavy atom. The summed E-state index contributed by atoms with van der Waals surface area (Å²) in [7, 11) is 1.74. The molecule has 2 heterocycles. The summed E-state index contributed by atoms with van der Waals surface area (Å²) in [5.41, 5.74) is 0. The predicted octanol–water partition coefficient (Wildman–Crippen LogP) is 0.425. The summed E-state index contributed by atoms with van der Waals surface area (Å²) in [4.78, 5) is 16.4. The fraction of sp³-hybridized carbons (Fsp3) is 0.500. The largest absolute Gasteiger partial charge is 0.460 e. The van der Waals surface area contributed by atoms with Crippen LogP contribution in [0.15, 0.2) is 12.7 Å². The highest BCUT2D eigenvalue weighted by atomic mass is 16.5. The second-order valence-corrected chi connectivity index (χ2v) is 4.00. The minimum Gasteiger partial charge on any atom is -0.460 e. The molecule has 0 amide bonds. The maximum Gasteiger partial charge on any atom is 0.323 e. The lowest BCUT2D eigenvalue weighted by Gasteiger charge is -2.25. The number of hydrogen-bond acceptors (Lipinski definition) is 7. The van der Waals surface area contributed by atoms with Gasteiger partial charge in [-0.15, -0.1) is 0 Å². The minimum absolute atomic E-state index is 0.223. The molecule has 2 aromatic heterocycles. The van der Waals surface area contributed by atoms with Crippen LogP contribution in [0.4, 0.5) is 5.95 Å². The van der Waals surface area contributed by atoms with Gasteiger partial charge in [-0.3, -0.25) is 0 Å². The van der Waals surface area contributed by atoms with Crippen molar-refractivity contribution >= 4 is 5.95 Å². The molecule has 8 heteroatoms. The lowest BCUT2D eigenvalue weighted by molar-refractivity contribution is 0.108. The number of anilines is 1. The molecular weight excluding hydrogens is 234 g/mol. The third-order valence-electron chi connectivity index (χ3n) is 2.77. The summed E-state index contributed by atoms with van der Waals surface area (Å²) in [6, 6.07) is 0.324. The van der Waals surface area contributed by atoms with Gasteiger partial charge >= 0.3 is 6.01 Å². The molecule has 94 valence electrons. The molecule has 18 heavy (non-hydrogen) atoms. The van der Waals surface area contributed by atoms with Gasteiger partial charge in [-0.1, -0.05) is 0 Å². The van der Waals surface area contributed by atoms with Gasteiger partial charge in [0.25, 0.3) is 5.95 Å². The van der Waals surface area contributed by atoms with Gasteiger partial charge < -0.3 is 10.1 Å². The molecule has 0 atom stereocenters. The third kappa shape index (κ3) is 2.08.